The molecule has 1 heterocycles. The Morgan fingerprint density at radius 2 is 1.90 bits per heavy atom. The van der Waals surface area contributed by atoms with Crippen LogP contribution in [0.5, 0.6) is 0 Å². The lowest BCUT2D eigenvalue weighted by Crippen LogP contribution is -2.41. The van der Waals surface area contributed by atoms with Gasteiger partial charge in [0.15, 0.2) is 0 Å². The van der Waals surface area contributed by atoms with Crippen molar-refractivity contribution in [3.05, 3.63) is 35.9 Å². The molecule has 30 heavy (non-hydrogen) atoms. The van der Waals surface area contributed by atoms with Gasteiger partial charge >= 0.3 is 0 Å². The van der Waals surface area contributed by atoms with E-state index in [2.05, 4.69) is 24.4 Å². The van der Waals surface area contributed by atoms with Crippen LogP contribution in [0.15, 0.2) is 30.3 Å². The maximum atomic E-state index is 13.3. The molecule has 1 saturated carbocycles. The van der Waals surface area contributed by atoms with Crippen LogP contribution in [-0.2, 0) is 15.0 Å². The largest absolute Gasteiger partial charge is 0.356 e. The van der Waals surface area contributed by atoms with Gasteiger partial charge in [0.1, 0.15) is 0 Å². The van der Waals surface area contributed by atoms with Crippen LogP contribution in [0.1, 0.15) is 64.9 Å². The molecule has 3 atom stereocenters. The Kier molecular flexibility index (Phi) is 8.19. The van der Waals surface area contributed by atoms with Gasteiger partial charge < -0.3 is 10.2 Å². The van der Waals surface area contributed by atoms with Gasteiger partial charge in [0.25, 0.3) is 0 Å². The quantitative estimate of drug-likeness (QED) is 0.381. The molecule has 0 bridgehead atoms. The molecule has 0 radical (unpaired) electrons. The summed E-state index contributed by atoms with van der Waals surface area (Å²) in [5.41, 5.74) is 0.619. The van der Waals surface area contributed by atoms with Crippen molar-refractivity contribution in [3.8, 4) is 0 Å². The van der Waals surface area contributed by atoms with E-state index in [-0.39, 0.29) is 17.7 Å². The van der Waals surface area contributed by atoms with Crippen molar-refractivity contribution >= 4 is 33.4 Å². The molecule has 0 aromatic heterocycles. The zero-order chi connectivity index (χ0) is 21.6. The van der Waals surface area contributed by atoms with Gasteiger partial charge in [0, 0.05) is 36.6 Å². The molecule has 1 aromatic carbocycles. The normalized spacial score (nSPS) is 27.6. The predicted octanol–water partition coefficient (Wildman–Crippen LogP) is 5.03. The van der Waals surface area contributed by atoms with Crippen molar-refractivity contribution in [3.63, 3.8) is 0 Å². The minimum atomic E-state index is -0.466. The van der Waals surface area contributed by atoms with E-state index < -0.39 is 5.41 Å². The first-order valence-electron chi connectivity index (χ1n) is 11.4. The van der Waals surface area contributed by atoms with Gasteiger partial charge in [-0.05, 0) is 57.9 Å². The van der Waals surface area contributed by atoms with E-state index in [0.717, 1.165) is 37.9 Å². The Bertz CT molecular complexity index is 717. The van der Waals surface area contributed by atoms with Crippen LogP contribution in [0.3, 0.4) is 0 Å². The SMILES string of the molecule is CCN(CC)C(=O)[C@]1(c2ccccc2)CC1CNC(=O)CCCC[C@]1(C)CCSS1. The van der Waals surface area contributed by atoms with Crippen LogP contribution in [0.4, 0.5) is 0 Å². The molecule has 6 heteroatoms. The van der Waals surface area contributed by atoms with Crippen molar-refractivity contribution in [1.82, 2.24) is 10.2 Å². The summed E-state index contributed by atoms with van der Waals surface area (Å²) in [6.45, 7) is 8.44. The minimum absolute atomic E-state index is 0.123. The summed E-state index contributed by atoms with van der Waals surface area (Å²) in [5, 5.41) is 3.12. The predicted molar refractivity (Wildman–Crippen MR) is 129 cm³/mol. The standard InChI is InChI=1S/C24H36N2O2S2/c1-4-26(5-2)22(28)24(19-11-7-6-8-12-19)17-20(24)18-25-21(27)13-9-10-14-23(3)15-16-29-30-23/h6-8,11-12,20H,4-5,9-10,13-18H2,1-3H3,(H,25,27)/t20?,23-,24+/m1/s1. The number of likely N-dealkylation sites (N-methyl/N-ethyl adjacent to an activating group) is 1. The third-order valence-electron chi connectivity index (χ3n) is 6.71. The fourth-order valence-electron chi connectivity index (χ4n) is 4.60. The first-order valence-corrected chi connectivity index (χ1v) is 13.7. The molecule has 0 spiro atoms. The number of carbonyl (C=O) groups excluding carboxylic acids is 2. The molecule has 4 nitrogen and oxygen atoms in total. The molecule has 166 valence electrons. The van der Waals surface area contributed by atoms with Crippen LogP contribution in [-0.4, -0.2) is 46.8 Å². The second-order valence-corrected chi connectivity index (χ2v) is 11.8. The van der Waals surface area contributed by atoms with Crippen molar-refractivity contribution in [2.24, 2.45) is 5.92 Å². The molecule has 1 aromatic rings. The molecular weight excluding hydrogens is 412 g/mol. The number of carbonyl (C=O) groups is 2. The number of benzene rings is 1. The molecular formula is C24H36N2O2S2. The minimum Gasteiger partial charge on any atom is -0.356 e. The summed E-state index contributed by atoms with van der Waals surface area (Å²) in [7, 11) is 3.99. The Labute approximate surface area is 189 Å². The molecule has 1 saturated heterocycles. The van der Waals surface area contributed by atoms with Gasteiger partial charge in [-0.25, -0.2) is 0 Å². The number of nitrogens with one attached hydrogen (secondary N) is 1. The number of rotatable bonds is 11. The summed E-state index contributed by atoms with van der Waals surface area (Å²) in [5.74, 6) is 1.76. The third-order valence-corrected chi connectivity index (χ3v) is 10.1. The van der Waals surface area contributed by atoms with Crippen LogP contribution in [0.2, 0.25) is 0 Å². The molecule has 1 N–H and O–H groups in total. The van der Waals surface area contributed by atoms with Crippen molar-refractivity contribution in [1.29, 1.82) is 0 Å². The molecule has 1 aliphatic heterocycles. The van der Waals surface area contributed by atoms with E-state index >= 15 is 0 Å². The monoisotopic (exact) mass is 448 g/mol. The van der Waals surface area contributed by atoms with Gasteiger partial charge in [0.05, 0.1) is 5.41 Å². The summed E-state index contributed by atoms with van der Waals surface area (Å²) in [6.07, 6.45) is 5.92. The number of hydrogen-bond acceptors (Lipinski definition) is 4. The summed E-state index contributed by atoms with van der Waals surface area (Å²) in [6, 6.07) is 10.1. The van der Waals surface area contributed by atoms with E-state index in [1.54, 1.807) is 0 Å². The fourth-order valence-corrected chi connectivity index (χ4v) is 7.90. The Morgan fingerprint density at radius 1 is 1.17 bits per heavy atom. The second-order valence-electron chi connectivity index (χ2n) is 8.83. The number of amides is 2. The summed E-state index contributed by atoms with van der Waals surface area (Å²) in [4.78, 5) is 27.6. The highest BCUT2D eigenvalue weighted by atomic mass is 33.1. The van der Waals surface area contributed by atoms with E-state index in [1.165, 1.54) is 18.6 Å². The van der Waals surface area contributed by atoms with E-state index in [1.807, 2.05) is 58.5 Å². The zero-order valence-electron chi connectivity index (χ0n) is 18.6. The van der Waals surface area contributed by atoms with Crippen LogP contribution in [0.25, 0.3) is 0 Å². The molecule has 2 aliphatic rings. The lowest BCUT2D eigenvalue weighted by Gasteiger charge is -2.26. The molecule has 2 amide bonds. The van der Waals surface area contributed by atoms with Gasteiger partial charge in [-0.1, -0.05) is 58.3 Å². The van der Waals surface area contributed by atoms with Crippen molar-refractivity contribution in [2.75, 3.05) is 25.4 Å². The van der Waals surface area contributed by atoms with E-state index in [0.29, 0.717) is 17.7 Å². The Hall–Kier alpha value is -1.14. The lowest BCUT2D eigenvalue weighted by molar-refractivity contribution is -0.134. The number of unbranched alkanes of at least 4 members (excludes halogenated alkanes) is 1. The maximum Gasteiger partial charge on any atom is 0.233 e. The summed E-state index contributed by atoms with van der Waals surface area (Å²) < 4.78 is 0.398. The fraction of sp³-hybridized carbons (Fsp3) is 0.667. The average Bonchev–Trinajstić information content (AvgIpc) is 3.35. The van der Waals surface area contributed by atoms with Crippen molar-refractivity contribution in [2.45, 2.75) is 69.5 Å². The topological polar surface area (TPSA) is 49.4 Å². The molecule has 2 fully saturated rings. The van der Waals surface area contributed by atoms with E-state index in [9.17, 15) is 9.59 Å². The van der Waals surface area contributed by atoms with Gasteiger partial charge in [-0.3, -0.25) is 9.59 Å². The highest BCUT2D eigenvalue weighted by Crippen LogP contribution is 2.55. The van der Waals surface area contributed by atoms with Crippen molar-refractivity contribution < 1.29 is 9.59 Å². The Morgan fingerprint density at radius 3 is 2.53 bits per heavy atom. The number of hydrogen-bond donors (Lipinski definition) is 1. The Balaban J connectivity index is 1.49. The highest BCUT2D eigenvalue weighted by molar-refractivity contribution is 8.77. The average molecular weight is 449 g/mol. The van der Waals surface area contributed by atoms with Crippen LogP contribution < -0.4 is 5.32 Å². The summed E-state index contributed by atoms with van der Waals surface area (Å²) >= 11 is 0. The lowest BCUT2D eigenvalue weighted by atomic mass is 9.91. The highest BCUT2D eigenvalue weighted by Gasteiger charge is 2.61. The van der Waals surface area contributed by atoms with Gasteiger partial charge in [-0.15, -0.1) is 0 Å². The first-order chi connectivity index (χ1) is 14.4. The second kappa shape index (κ2) is 10.4. The van der Waals surface area contributed by atoms with Crippen LogP contribution >= 0.6 is 21.6 Å². The zero-order valence-corrected chi connectivity index (χ0v) is 20.2. The van der Waals surface area contributed by atoms with E-state index in [4.69, 9.17) is 0 Å². The molecule has 3 rings (SSSR count). The van der Waals surface area contributed by atoms with Gasteiger partial charge in [-0.2, -0.15) is 0 Å². The van der Waals surface area contributed by atoms with Crippen LogP contribution in [0, 0.1) is 5.92 Å². The first kappa shape index (κ1) is 23.5. The smallest absolute Gasteiger partial charge is 0.233 e. The van der Waals surface area contributed by atoms with Gasteiger partial charge in [0.2, 0.25) is 11.8 Å². The molecule has 1 aliphatic carbocycles. The third kappa shape index (κ3) is 5.37. The molecule has 1 unspecified atom stereocenters. The maximum absolute atomic E-state index is 13.3. The number of nitrogens with zero attached hydrogens (tertiary/aromatic N) is 1.